The van der Waals surface area contributed by atoms with Gasteiger partial charge in [0.25, 0.3) is 10.1 Å². The Balaban J connectivity index is 1.56. The van der Waals surface area contributed by atoms with Crippen LogP contribution in [0, 0.1) is 0 Å². The van der Waals surface area contributed by atoms with Crippen molar-refractivity contribution in [3.8, 4) is 17.2 Å². The van der Waals surface area contributed by atoms with Gasteiger partial charge in [-0.15, -0.1) is 0 Å². The highest BCUT2D eigenvalue weighted by atomic mass is 32.2. The minimum absolute atomic E-state index is 0.174. The minimum Gasteiger partial charge on any atom is -0.457 e. The van der Waals surface area contributed by atoms with Gasteiger partial charge in [-0.2, -0.15) is 8.42 Å². The third-order valence-corrected chi connectivity index (χ3v) is 4.79. The second-order valence-corrected chi connectivity index (χ2v) is 7.07. The predicted octanol–water partition coefficient (Wildman–Crippen LogP) is 4.06. The summed E-state index contributed by atoms with van der Waals surface area (Å²) in [6.07, 6.45) is 1.77. The molecule has 4 aromatic rings. The molecule has 0 bridgehead atoms. The molecule has 0 spiro atoms. The molecule has 1 N–H and O–H groups in total. The van der Waals surface area contributed by atoms with Crippen LogP contribution in [0.5, 0.6) is 11.5 Å². The van der Waals surface area contributed by atoms with Gasteiger partial charge in [-0.1, -0.05) is 12.1 Å². The quantitative estimate of drug-likeness (QED) is 0.551. The lowest BCUT2D eigenvalue weighted by Gasteiger charge is -2.08. The zero-order valence-electron chi connectivity index (χ0n) is 13.5. The third kappa shape index (κ3) is 3.17. The molecule has 0 atom stereocenters. The van der Waals surface area contributed by atoms with E-state index in [9.17, 15) is 8.42 Å². The van der Waals surface area contributed by atoms with Crippen LogP contribution >= 0.6 is 0 Å². The van der Waals surface area contributed by atoms with Crippen molar-refractivity contribution in [1.82, 2.24) is 9.55 Å². The topological polar surface area (TPSA) is 81.4 Å². The molecule has 130 valence electrons. The van der Waals surface area contributed by atoms with Crippen molar-refractivity contribution in [2.45, 2.75) is 4.90 Å². The normalized spacial score (nSPS) is 11.6. The van der Waals surface area contributed by atoms with E-state index >= 15 is 0 Å². The van der Waals surface area contributed by atoms with Crippen LogP contribution in [0.1, 0.15) is 0 Å². The maximum atomic E-state index is 11.1. The molecule has 0 saturated carbocycles. The molecule has 0 unspecified atom stereocenters. The van der Waals surface area contributed by atoms with E-state index in [2.05, 4.69) is 4.98 Å². The number of benzene rings is 3. The van der Waals surface area contributed by atoms with E-state index in [0.717, 1.165) is 16.7 Å². The molecule has 0 aliphatic rings. The number of hydrogen-bond acceptors (Lipinski definition) is 4. The highest BCUT2D eigenvalue weighted by molar-refractivity contribution is 7.85. The van der Waals surface area contributed by atoms with E-state index in [0.29, 0.717) is 11.5 Å². The molecule has 0 aliphatic heterocycles. The van der Waals surface area contributed by atoms with Crippen LogP contribution in [-0.2, 0) is 10.1 Å². The number of nitrogens with zero attached hydrogens (tertiary/aromatic N) is 2. The van der Waals surface area contributed by atoms with E-state index in [1.54, 1.807) is 6.33 Å². The van der Waals surface area contributed by atoms with Crippen molar-refractivity contribution >= 4 is 21.2 Å². The number of aromatic nitrogens is 2. The molecule has 6 nitrogen and oxygen atoms in total. The fourth-order valence-electron chi connectivity index (χ4n) is 2.66. The van der Waals surface area contributed by atoms with E-state index in [1.165, 1.54) is 24.3 Å². The Morgan fingerprint density at radius 1 is 0.846 bits per heavy atom. The zero-order valence-corrected chi connectivity index (χ0v) is 14.3. The number of imidazole rings is 1. The Kier molecular flexibility index (Phi) is 3.95. The standard InChI is InChI=1S/C19H14N2O4S/c22-26(23,24)17-11-9-16(10-12-17)25-15-7-5-14(6-8-15)21-13-20-18-3-1-2-4-19(18)21/h1-13H,(H,22,23,24). The summed E-state index contributed by atoms with van der Waals surface area (Å²) in [5.74, 6) is 1.08. The number of para-hydroxylation sites is 2. The van der Waals surface area contributed by atoms with Crippen LogP contribution < -0.4 is 4.74 Å². The first-order valence-corrected chi connectivity index (χ1v) is 9.23. The minimum atomic E-state index is -4.21. The van der Waals surface area contributed by atoms with Gasteiger partial charge in [0.1, 0.15) is 17.8 Å². The number of fused-ring (bicyclic) bond motifs is 1. The molecule has 1 heterocycles. The third-order valence-electron chi connectivity index (χ3n) is 3.93. The predicted molar refractivity (Wildman–Crippen MR) is 97.4 cm³/mol. The molecule has 0 amide bonds. The van der Waals surface area contributed by atoms with Gasteiger partial charge in [-0.05, 0) is 60.7 Å². The van der Waals surface area contributed by atoms with Crippen LogP contribution in [0.15, 0.2) is 84.0 Å². The lowest BCUT2D eigenvalue weighted by atomic mass is 10.2. The Bertz CT molecular complexity index is 1160. The second kappa shape index (κ2) is 6.29. The van der Waals surface area contributed by atoms with Crippen molar-refractivity contribution in [1.29, 1.82) is 0 Å². The van der Waals surface area contributed by atoms with Crippen molar-refractivity contribution in [3.63, 3.8) is 0 Å². The SMILES string of the molecule is O=S(=O)(O)c1ccc(Oc2ccc(-n3cnc4ccccc43)cc2)cc1. The van der Waals surface area contributed by atoms with E-state index in [-0.39, 0.29) is 4.90 Å². The van der Waals surface area contributed by atoms with Gasteiger partial charge in [0.2, 0.25) is 0 Å². The molecular weight excluding hydrogens is 352 g/mol. The summed E-state index contributed by atoms with van der Waals surface area (Å²) >= 11 is 0. The summed E-state index contributed by atoms with van der Waals surface area (Å²) in [7, 11) is -4.21. The van der Waals surface area contributed by atoms with Crippen LogP contribution in [0.2, 0.25) is 0 Å². The van der Waals surface area contributed by atoms with Gasteiger partial charge in [0.15, 0.2) is 0 Å². The van der Waals surface area contributed by atoms with Crippen molar-refractivity contribution in [2.75, 3.05) is 0 Å². The first-order chi connectivity index (χ1) is 12.5. The Morgan fingerprint density at radius 3 is 2.12 bits per heavy atom. The van der Waals surface area contributed by atoms with Gasteiger partial charge in [-0.3, -0.25) is 9.12 Å². The summed E-state index contributed by atoms with van der Waals surface area (Å²) in [5, 5.41) is 0. The maximum absolute atomic E-state index is 11.1. The number of ether oxygens (including phenoxy) is 1. The van der Waals surface area contributed by atoms with Crippen LogP contribution in [0.4, 0.5) is 0 Å². The first-order valence-electron chi connectivity index (χ1n) is 7.79. The Morgan fingerprint density at radius 2 is 1.46 bits per heavy atom. The average molecular weight is 366 g/mol. The maximum Gasteiger partial charge on any atom is 0.294 e. The largest absolute Gasteiger partial charge is 0.457 e. The van der Waals surface area contributed by atoms with Crippen LogP contribution in [-0.4, -0.2) is 22.5 Å². The van der Waals surface area contributed by atoms with Gasteiger partial charge in [0, 0.05) is 5.69 Å². The van der Waals surface area contributed by atoms with Gasteiger partial charge in [0.05, 0.1) is 15.9 Å². The van der Waals surface area contributed by atoms with E-state index < -0.39 is 10.1 Å². The second-order valence-electron chi connectivity index (χ2n) is 5.65. The number of hydrogen-bond donors (Lipinski definition) is 1. The smallest absolute Gasteiger partial charge is 0.294 e. The molecule has 0 aliphatic carbocycles. The summed E-state index contributed by atoms with van der Waals surface area (Å²) < 4.78 is 38.8. The van der Waals surface area contributed by atoms with E-state index in [1.807, 2.05) is 53.1 Å². The van der Waals surface area contributed by atoms with Gasteiger partial charge < -0.3 is 4.74 Å². The first kappa shape index (κ1) is 16.3. The lowest BCUT2D eigenvalue weighted by Crippen LogP contribution is -1.97. The summed E-state index contributed by atoms with van der Waals surface area (Å²) in [5.41, 5.74) is 2.89. The molecule has 1 aromatic heterocycles. The highest BCUT2D eigenvalue weighted by Crippen LogP contribution is 2.25. The fraction of sp³-hybridized carbons (Fsp3) is 0. The van der Waals surface area contributed by atoms with Gasteiger partial charge >= 0.3 is 0 Å². The average Bonchev–Trinajstić information content (AvgIpc) is 3.06. The molecule has 0 saturated heterocycles. The van der Waals surface area contributed by atoms with Crippen LogP contribution in [0.25, 0.3) is 16.7 Å². The zero-order chi connectivity index (χ0) is 18.1. The molecule has 4 rings (SSSR count). The molecule has 0 fully saturated rings. The Hall–Kier alpha value is -3.16. The van der Waals surface area contributed by atoms with Crippen LogP contribution in [0.3, 0.4) is 0 Å². The summed E-state index contributed by atoms with van der Waals surface area (Å²) in [6, 6.07) is 20.9. The van der Waals surface area contributed by atoms with E-state index in [4.69, 9.17) is 9.29 Å². The fourth-order valence-corrected chi connectivity index (χ4v) is 3.14. The Labute approximate surface area is 150 Å². The molecular formula is C19H14N2O4S. The summed E-state index contributed by atoms with van der Waals surface area (Å²) in [6.45, 7) is 0. The molecule has 0 radical (unpaired) electrons. The van der Waals surface area contributed by atoms with Crippen molar-refractivity contribution in [3.05, 3.63) is 79.1 Å². The lowest BCUT2D eigenvalue weighted by molar-refractivity contribution is 0.478. The van der Waals surface area contributed by atoms with Crippen molar-refractivity contribution in [2.24, 2.45) is 0 Å². The molecule has 7 heteroatoms. The highest BCUT2D eigenvalue weighted by Gasteiger charge is 2.09. The molecule has 26 heavy (non-hydrogen) atoms. The number of rotatable bonds is 4. The van der Waals surface area contributed by atoms with Gasteiger partial charge in [-0.25, -0.2) is 4.98 Å². The monoisotopic (exact) mass is 366 g/mol. The van der Waals surface area contributed by atoms with Crippen molar-refractivity contribution < 1.29 is 17.7 Å². The molecule has 3 aromatic carbocycles. The summed E-state index contributed by atoms with van der Waals surface area (Å²) in [4.78, 5) is 4.20.